The minimum absolute atomic E-state index is 0.230. The quantitative estimate of drug-likeness (QED) is 0.908. The number of benzene rings is 1. The first-order chi connectivity index (χ1) is 7.96. The number of halogens is 2. The van der Waals surface area contributed by atoms with Gasteiger partial charge in [-0.05, 0) is 44.0 Å². The van der Waals surface area contributed by atoms with E-state index in [9.17, 15) is 9.50 Å². The summed E-state index contributed by atoms with van der Waals surface area (Å²) in [5, 5.41) is 10.0. The van der Waals surface area contributed by atoms with Gasteiger partial charge in [0.05, 0.1) is 5.60 Å². The topological polar surface area (TPSA) is 23.5 Å². The van der Waals surface area contributed by atoms with E-state index in [0.29, 0.717) is 6.54 Å². The predicted octanol–water partition coefficient (Wildman–Crippen LogP) is 2.94. The van der Waals surface area contributed by atoms with Gasteiger partial charge < -0.3 is 5.11 Å². The number of nitrogens with zero attached hydrogens (tertiary/aromatic N) is 1. The van der Waals surface area contributed by atoms with Gasteiger partial charge in [0.15, 0.2) is 0 Å². The van der Waals surface area contributed by atoms with Crippen LogP contribution in [-0.4, -0.2) is 28.7 Å². The minimum atomic E-state index is -0.593. The lowest BCUT2D eigenvalue weighted by atomic mass is 9.95. The minimum Gasteiger partial charge on any atom is -0.389 e. The van der Waals surface area contributed by atoms with Crippen LogP contribution >= 0.6 is 15.9 Å². The summed E-state index contributed by atoms with van der Waals surface area (Å²) < 4.78 is 13.8. The second-order valence-corrected chi connectivity index (χ2v) is 5.90. The first-order valence-electron chi connectivity index (χ1n) is 5.85. The number of β-amino-alcohol motifs (C(OH)–C–C–N with tert-alkyl or cyclic N) is 1. The van der Waals surface area contributed by atoms with E-state index in [4.69, 9.17) is 0 Å². The van der Waals surface area contributed by atoms with E-state index in [1.54, 1.807) is 6.07 Å². The zero-order valence-corrected chi connectivity index (χ0v) is 11.5. The third kappa shape index (κ3) is 3.50. The first-order valence-corrected chi connectivity index (χ1v) is 6.64. The van der Waals surface area contributed by atoms with Crippen LogP contribution < -0.4 is 0 Å². The average Bonchev–Trinajstić information content (AvgIpc) is 2.21. The molecule has 0 spiro atoms. The molecular formula is C13H17BrFNO. The number of hydrogen-bond acceptors (Lipinski definition) is 2. The van der Waals surface area contributed by atoms with E-state index in [2.05, 4.69) is 20.8 Å². The van der Waals surface area contributed by atoms with Crippen molar-refractivity contribution in [3.05, 3.63) is 34.1 Å². The molecule has 1 fully saturated rings. The molecule has 1 unspecified atom stereocenters. The zero-order valence-electron chi connectivity index (χ0n) is 9.92. The molecule has 1 aromatic rings. The van der Waals surface area contributed by atoms with Gasteiger partial charge in [0.1, 0.15) is 5.82 Å². The summed E-state index contributed by atoms with van der Waals surface area (Å²) in [7, 11) is 0. The molecule has 1 heterocycles. The Morgan fingerprint density at radius 3 is 2.94 bits per heavy atom. The fourth-order valence-electron chi connectivity index (χ4n) is 2.35. The normalized spacial score (nSPS) is 26.1. The van der Waals surface area contributed by atoms with E-state index in [0.717, 1.165) is 36.0 Å². The second-order valence-electron chi connectivity index (χ2n) is 5.05. The van der Waals surface area contributed by atoms with Crippen LogP contribution in [0.2, 0.25) is 0 Å². The summed E-state index contributed by atoms with van der Waals surface area (Å²) in [6, 6.07) is 4.75. The Balaban J connectivity index is 2.05. The third-order valence-corrected chi connectivity index (χ3v) is 3.90. The standard InChI is InChI=1S/C13H17BrFNO/c1-13(17)5-2-6-16(9-13)8-10-3-4-11(15)7-12(10)14/h3-4,7,17H,2,5-6,8-9H2,1H3. The van der Waals surface area contributed by atoms with E-state index < -0.39 is 5.60 Å². The van der Waals surface area contributed by atoms with Gasteiger partial charge in [-0.3, -0.25) is 4.90 Å². The Hall–Kier alpha value is -0.450. The Morgan fingerprint density at radius 1 is 1.53 bits per heavy atom. The Morgan fingerprint density at radius 2 is 2.29 bits per heavy atom. The fraction of sp³-hybridized carbons (Fsp3) is 0.538. The molecule has 0 saturated carbocycles. The predicted molar refractivity (Wildman–Crippen MR) is 69.2 cm³/mol. The molecule has 0 amide bonds. The molecule has 4 heteroatoms. The average molecular weight is 302 g/mol. The van der Waals surface area contributed by atoms with Gasteiger partial charge >= 0.3 is 0 Å². The molecule has 1 aliphatic heterocycles. The zero-order chi connectivity index (χ0) is 12.5. The van der Waals surface area contributed by atoms with Crippen LogP contribution in [0.15, 0.2) is 22.7 Å². The van der Waals surface area contributed by atoms with Gasteiger partial charge in [0.2, 0.25) is 0 Å². The van der Waals surface area contributed by atoms with Crippen LogP contribution in [0.4, 0.5) is 4.39 Å². The van der Waals surface area contributed by atoms with Gasteiger partial charge in [-0.1, -0.05) is 22.0 Å². The van der Waals surface area contributed by atoms with Crippen LogP contribution in [0.1, 0.15) is 25.3 Å². The maximum Gasteiger partial charge on any atom is 0.124 e. The van der Waals surface area contributed by atoms with Crippen molar-refractivity contribution in [2.45, 2.75) is 31.9 Å². The van der Waals surface area contributed by atoms with Crippen LogP contribution in [-0.2, 0) is 6.54 Å². The molecule has 0 bridgehead atoms. The van der Waals surface area contributed by atoms with Gasteiger partial charge in [-0.2, -0.15) is 0 Å². The maximum atomic E-state index is 13.0. The van der Waals surface area contributed by atoms with Crippen molar-refractivity contribution in [2.75, 3.05) is 13.1 Å². The molecule has 1 atom stereocenters. The molecule has 2 rings (SSSR count). The largest absolute Gasteiger partial charge is 0.389 e. The lowest BCUT2D eigenvalue weighted by Crippen LogP contribution is -2.45. The summed E-state index contributed by atoms with van der Waals surface area (Å²) in [6.45, 7) is 4.28. The van der Waals surface area contributed by atoms with Crippen LogP contribution in [0.3, 0.4) is 0 Å². The van der Waals surface area contributed by atoms with Crippen molar-refractivity contribution in [2.24, 2.45) is 0 Å². The third-order valence-electron chi connectivity index (χ3n) is 3.16. The second kappa shape index (κ2) is 5.04. The monoisotopic (exact) mass is 301 g/mol. The highest BCUT2D eigenvalue weighted by atomic mass is 79.9. The SMILES string of the molecule is CC1(O)CCCN(Cc2ccc(F)cc2Br)C1. The number of aliphatic hydroxyl groups is 1. The van der Waals surface area contributed by atoms with Crippen molar-refractivity contribution >= 4 is 15.9 Å². The van der Waals surface area contributed by atoms with Crippen LogP contribution in [0, 0.1) is 5.82 Å². The summed E-state index contributed by atoms with van der Waals surface area (Å²) >= 11 is 3.37. The number of rotatable bonds is 2. The lowest BCUT2D eigenvalue weighted by molar-refractivity contribution is -0.0182. The van der Waals surface area contributed by atoms with Crippen LogP contribution in [0.25, 0.3) is 0 Å². The molecule has 1 saturated heterocycles. The van der Waals surface area contributed by atoms with Gasteiger partial charge in [-0.25, -0.2) is 4.39 Å². The number of likely N-dealkylation sites (tertiary alicyclic amines) is 1. The van der Waals surface area contributed by atoms with Crippen molar-refractivity contribution < 1.29 is 9.50 Å². The van der Waals surface area contributed by atoms with E-state index >= 15 is 0 Å². The summed E-state index contributed by atoms with van der Waals surface area (Å²) in [4.78, 5) is 2.21. The van der Waals surface area contributed by atoms with Gasteiger partial charge in [0, 0.05) is 17.6 Å². The maximum absolute atomic E-state index is 13.0. The number of piperidine rings is 1. The smallest absolute Gasteiger partial charge is 0.124 e. The molecule has 0 aliphatic carbocycles. The summed E-state index contributed by atoms with van der Waals surface area (Å²) in [5.41, 5.74) is 0.467. The highest BCUT2D eigenvalue weighted by Gasteiger charge is 2.28. The molecule has 0 radical (unpaired) electrons. The Bertz CT molecular complexity index is 408. The summed E-state index contributed by atoms with van der Waals surface area (Å²) in [5.74, 6) is -0.230. The van der Waals surface area contributed by atoms with E-state index in [1.165, 1.54) is 12.1 Å². The molecule has 0 aromatic heterocycles. The Labute approximate surface area is 110 Å². The number of hydrogen-bond donors (Lipinski definition) is 1. The fourth-order valence-corrected chi connectivity index (χ4v) is 2.83. The molecule has 1 aliphatic rings. The lowest BCUT2D eigenvalue weighted by Gasteiger charge is -2.37. The molecule has 2 nitrogen and oxygen atoms in total. The van der Waals surface area contributed by atoms with Crippen molar-refractivity contribution in [3.63, 3.8) is 0 Å². The van der Waals surface area contributed by atoms with Crippen molar-refractivity contribution in [1.82, 2.24) is 4.90 Å². The van der Waals surface area contributed by atoms with Crippen LogP contribution in [0.5, 0.6) is 0 Å². The molecule has 94 valence electrons. The van der Waals surface area contributed by atoms with Crippen molar-refractivity contribution in [3.8, 4) is 0 Å². The van der Waals surface area contributed by atoms with E-state index in [1.807, 2.05) is 6.92 Å². The molecule has 1 aromatic carbocycles. The molecule has 17 heavy (non-hydrogen) atoms. The van der Waals surface area contributed by atoms with E-state index in [-0.39, 0.29) is 5.82 Å². The Kier molecular flexibility index (Phi) is 3.85. The van der Waals surface area contributed by atoms with Crippen molar-refractivity contribution in [1.29, 1.82) is 0 Å². The highest BCUT2D eigenvalue weighted by molar-refractivity contribution is 9.10. The molecular weight excluding hydrogens is 285 g/mol. The molecule has 1 N–H and O–H groups in total. The van der Waals surface area contributed by atoms with Gasteiger partial charge in [-0.15, -0.1) is 0 Å². The highest BCUT2D eigenvalue weighted by Crippen LogP contribution is 2.24. The first kappa shape index (κ1) is 13.0. The van der Waals surface area contributed by atoms with Gasteiger partial charge in [0.25, 0.3) is 0 Å². The summed E-state index contributed by atoms with van der Waals surface area (Å²) in [6.07, 6.45) is 1.86.